The van der Waals surface area contributed by atoms with Crippen molar-refractivity contribution in [3.63, 3.8) is 0 Å². The van der Waals surface area contributed by atoms with Crippen LogP contribution in [0, 0.1) is 0 Å². The van der Waals surface area contributed by atoms with Gasteiger partial charge in [-0.2, -0.15) is 0 Å². The smallest absolute Gasteiger partial charge is 0.306 e. The lowest BCUT2D eigenvalue weighted by molar-refractivity contribution is -0.167. The second kappa shape index (κ2) is 65.8. The van der Waals surface area contributed by atoms with Crippen molar-refractivity contribution >= 4 is 17.9 Å². The highest BCUT2D eigenvalue weighted by molar-refractivity contribution is 5.71. The lowest BCUT2D eigenvalue weighted by atomic mass is 10.0. The summed E-state index contributed by atoms with van der Waals surface area (Å²) in [5.74, 6) is -0.895. The fraction of sp³-hybridized carbons (Fsp3) is 0.736. The molecular formula is C72H124O6. The Morgan fingerprint density at radius 3 is 0.808 bits per heavy atom. The summed E-state index contributed by atoms with van der Waals surface area (Å²) >= 11 is 0. The van der Waals surface area contributed by atoms with Crippen molar-refractivity contribution in [2.24, 2.45) is 0 Å². The van der Waals surface area contributed by atoms with Crippen molar-refractivity contribution < 1.29 is 28.6 Å². The van der Waals surface area contributed by atoms with Crippen molar-refractivity contribution in [3.05, 3.63) is 97.2 Å². The van der Waals surface area contributed by atoms with Crippen LogP contribution in [0.3, 0.4) is 0 Å². The van der Waals surface area contributed by atoms with E-state index in [9.17, 15) is 14.4 Å². The van der Waals surface area contributed by atoms with E-state index in [2.05, 4.69) is 118 Å². The molecule has 0 aromatic rings. The van der Waals surface area contributed by atoms with E-state index < -0.39 is 6.10 Å². The molecular weight excluding hydrogens is 961 g/mol. The first kappa shape index (κ1) is 74.3. The number of allylic oxidation sites excluding steroid dienone is 16. The average Bonchev–Trinajstić information content (AvgIpc) is 3.44. The Labute approximate surface area is 483 Å². The number of ether oxygens (including phenoxy) is 3. The van der Waals surface area contributed by atoms with Crippen LogP contribution >= 0.6 is 0 Å². The molecule has 0 aliphatic carbocycles. The highest BCUT2D eigenvalue weighted by Gasteiger charge is 2.19. The molecule has 6 heteroatoms. The Hall–Kier alpha value is -3.67. The van der Waals surface area contributed by atoms with Gasteiger partial charge >= 0.3 is 17.9 Å². The van der Waals surface area contributed by atoms with Crippen LogP contribution in [0.1, 0.15) is 323 Å². The molecule has 0 spiro atoms. The highest BCUT2D eigenvalue weighted by Crippen LogP contribution is 2.16. The zero-order chi connectivity index (χ0) is 56.4. The van der Waals surface area contributed by atoms with Gasteiger partial charge in [-0.1, -0.05) is 279 Å². The number of hydrogen-bond acceptors (Lipinski definition) is 6. The zero-order valence-corrected chi connectivity index (χ0v) is 51.4. The molecule has 0 rings (SSSR count). The van der Waals surface area contributed by atoms with Gasteiger partial charge < -0.3 is 14.2 Å². The van der Waals surface area contributed by atoms with E-state index in [0.717, 1.165) is 116 Å². The fourth-order valence-electron chi connectivity index (χ4n) is 9.32. The maximum Gasteiger partial charge on any atom is 0.306 e. The molecule has 0 bridgehead atoms. The number of carbonyl (C=O) groups excluding carboxylic acids is 3. The Morgan fingerprint density at radius 1 is 0.269 bits per heavy atom. The maximum atomic E-state index is 12.9. The van der Waals surface area contributed by atoms with E-state index in [4.69, 9.17) is 14.2 Å². The van der Waals surface area contributed by atoms with Crippen LogP contribution in [0.2, 0.25) is 0 Å². The van der Waals surface area contributed by atoms with Gasteiger partial charge in [0.05, 0.1) is 0 Å². The molecule has 0 aromatic heterocycles. The molecule has 0 radical (unpaired) electrons. The molecule has 0 heterocycles. The third-order valence-electron chi connectivity index (χ3n) is 14.3. The molecule has 0 amide bonds. The SMILES string of the molecule is CC/C=C\C/C=C\C/C=C\C/C=C\CCCCCCCCCCCCCCCCC(=O)OCC(COC(=O)CCCCCCC/C=C\C/C=C\CCCCC)OC(=O)CCCCCCCCC/C=C\C/C=C\CCCCCC. The van der Waals surface area contributed by atoms with E-state index in [-0.39, 0.29) is 31.1 Å². The third-order valence-corrected chi connectivity index (χ3v) is 14.3. The lowest BCUT2D eigenvalue weighted by Crippen LogP contribution is -2.30. The molecule has 0 aliphatic heterocycles. The van der Waals surface area contributed by atoms with Gasteiger partial charge in [0, 0.05) is 19.3 Å². The number of rotatable bonds is 60. The number of carbonyl (C=O) groups is 3. The van der Waals surface area contributed by atoms with Crippen LogP contribution in [0.25, 0.3) is 0 Å². The number of unbranched alkanes of at least 4 members (excludes halogenated alkanes) is 33. The molecule has 0 fully saturated rings. The topological polar surface area (TPSA) is 78.9 Å². The molecule has 78 heavy (non-hydrogen) atoms. The Morgan fingerprint density at radius 2 is 0.500 bits per heavy atom. The Kier molecular flexibility index (Phi) is 62.7. The molecule has 0 saturated carbocycles. The molecule has 1 atom stereocenters. The summed E-state index contributed by atoms with van der Waals surface area (Å²) in [6.45, 7) is 6.50. The van der Waals surface area contributed by atoms with E-state index in [1.165, 1.54) is 167 Å². The molecule has 0 N–H and O–H groups in total. The second-order valence-corrected chi connectivity index (χ2v) is 22.0. The van der Waals surface area contributed by atoms with Gasteiger partial charge in [0.1, 0.15) is 13.2 Å². The van der Waals surface area contributed by atoms with Gasteiger partial charge in [-0.25, -0.2) is 0 Å². The Bertz CT molecular complexity index is 1530. The lowest BCUT2D eigenvalue weighted by Gasteiger charge is -2.18. The van der Waals surface area contributed by atoms with E-state index in [1.54, 1.807) is 0 Å². The van der Waals surface area contributed by atoms with Crippen LogP contribution in [-0.2, 0) is 28.6 Å². The number of hydrogen-bond donors (Lipinski definition) is 0. The van der Waals surface area contributed by atoms with Crippen molar-refractivity contribution in [1.29, 1.82) is 0 Å². The molecule has 0 saturated heterocycles. The first-order valence-electron chi connectivity index (χ1n) is 33.2. The first-order chi connectivity index (χ1) is 38.5. The summed E-state index contributed by atoms with van der Waals surface area (Å²) in [5, 5.41) is 0. The minimum Gasteiger partial charge on any atom is -0.462 e. The van der Waals surface area contributed by atoms with Crippen LogP contribution in [0.4, 0.5) is 0 Å². The van der Waals surface area contributed by atoms with Gasteiger partial charge in [0.25, 0.3) is 0 Å². The standard InChI is InChI=1S/C72H124O6/c1-4-7-10-13-16-19-22-25-28-30-32-33-34-35-36-37-38-39-40-42-44-47-50-53-56-59-62-65-71(74)77-68-69(67-76-70(73)64-61-58-55-52-49-46-43-27-24-21-18-15-12-9-6-3)78-72(75)66-63-60-57-54-51-48-45-41-31-29-26-23-20-17-14-11-8-5-2/h7,10,16,18-21,23,25,27-29,31-33,43,69H,4-6,8-9,11-15,17,22,24,26,30,34-42,44-68H2,1-3H3/b10-7-,19-16-,21-18-,23-20-,28-25-,31-29-,33-32-,43-27-. The van der Waals surface area contributed by atoms with Crippen LogP contribution < -0.4 is 0 Å². The summed E-state index contributed by atoms with van der Waals surface area (Å²) in [5.41, 5.74) is 0. The predicted molar refractivity (Wildman–Crippen MR) is 339 cm³/mol. The molecule has 6 nitrogen and oxygen atoms in total. The number of esters is 3. The summed E-state index contributed by atoms with van der Waals surface area (Å²) < 4.78 is 16.9. The van der Waals surface area contributed by atoms with Crippen LogP contribution in [0.15, 0.2) is 97.2 Å². The van der Waals surface area contributed by atoms with Crippen molar-refractivity contribution in [2.45, 2.75) is 329 Å². The van der Waals surface area contributed by atoms with E-state index in [1.807, 2.05) is 0 Å². The largest absolute Gasteiger partial charge is 0.462 e. The fourth-order valence-corrected chi connectivity index (χ4v) is 9.32. The molecule has 1 unspecified atom stereocenters. The predicted octanol–water partition coefficient (Wildman–Crippen LogP) is 22.8. The minimum absolute atomic E-state index is 0.0841. The summed E-state index contributed by atoms with van der Waals surface area (Å²) in [6, 6.07) is 0. The highest BCUT2D eigenvalue weighted by atomic mass is 16.6. The van der Waals surface area contributed by atoms with Crippen molar-refractivity contribution in [1.82, 2.24) is 0 Å². The van der Waals surface area contributed by atoms with Gasteiger partial charge in [-0.15, -0.1) is 0 Å². The maximum absolute atomic E-state index is 12.9. The van der Waals surface area contributed by atoms with Gasteiger partial charge in [0.15, 0.2) is 6.10 Å². The second-order valence-electron chi connectivity index (χ2n) is 22.0. The van der Waals surface area contributed by atoms with E-state index in [0.29, 0.717) is 19.3 Å². The zero-order valence-electron chi connectivity index (χ0n) is 51.4. The average molecular weight is 1090 g/mol. The summed E-state index contributed by atoms with van der Waals surface area (Å²) in [7, 11) is 0. The van der Waals surface area contributed by atoms with Crippen LogP contribution in [-0.4, -0.2) is 37.2 Å². The van der Waals surface area contributed by atoms with Crippen molar-refractivity contribution in [3.8, 4) is 0 Å². The van der Waals surface area contributed by atoms with Gasteiger partial charge in [-0.05, 0) is 122 Å². The first-order valence-corrected chi connectivity index (χ1v) is 33.2. The van der Waals surface area contributed by atoms with E-state index >= 15 is 0 Å². The normalized spacial score (nSPS) is 12.7. The van der Waals surface area contributed by atoms with Crippen molar-refractivity contribution in [2.75, 3.05) is 13.2 Å². The van der Waals surface area contributed by atoms with Gasteiger partial charge in [0.2, 0.25) is 0 Å². The quantitative estimate of drug-likeness (QED) is 0.0261. The molecule has 0 aliphatic rings. The Balaban J connectivity index is 4.32. The summed E-state index contributed by atoms with van der Waals surface area (Å²) in [6.07, 6.45) is 88.4. The molecule has 448 valence electrons. The van der Waals surface area contributed by atoms with Gasteiger partial charge in [-0.3, -0.25) is 14.4 Å². The summed E-state index contributed by atoms with van der Waals surface area (Å²) in [4.78, 5) is 38.4. The monoisotopic (exact) mass is 1080 g/mol. The van der Waals surface area contributed by atoms with Crippen LogP contribution in [0.5, 0.6) is 0 Å². The minimum atomic E-state index is -0.789. The molecule has 0 aromatic carbocycles. The third kappa shape index (κ3) is 63.2.